The summed E-state index contributed by atoms with van der Waals surface area (Å²) in [6.45, 7) is 24.8. The number of rotatable bonds is 4. The van der Waals surface area contributed by atoms with E-state index < -0.39 is 0 Å². The minimum Gasteiger partial charge on any atom is -1.00 e. The monoisotopic (exact) mass is 718 g/mol. The molecular weight excluding hydrogens is 667 g/mol. The molecule has 0 fully saturated rings. The van der Waals surface area contributed by atoms with Gasteiger partial charge in [-0.1, -0.05) is 135 Å². The Labute approximate surface area is 302 Å². The smallest absolute Gasteiger partial charge is 1.00 e. The summed E-state index contributed by atoms with van der Waals surface area (Å²) < 4.78 is 1.46. The van der Waals surface area contributed by atoms with E-state index in [9.17, 15) is 0 Å². The number of hydrogen-bond donors (Lipinski definition) is 0. The molecule has 0 N–H and O–H groups in total. The second-order valence-electron chi connectivity index (χ2n) is 15.2. The molecule has 0 heterocycles. The van der Waals surface area contributed by atoms with Gasteiger partial charge in [-0.05, 0) is 10.8 Å². The van der Waals surface area contributed by atoms with Gasteiger partial charge in [-0.2, -0.15) is 11.6 Å². The van der Waals surface area contributed by atoms with E-state index in [1.165, 1.54) is 90.5 Å². The molecule has 0 amide bonds. The zero-order valence-electron chi connectivity index (χ0n) is 29.5. The fourth-order valence-corrected chi connectivity index (χ4v) is 5.62. The molecule has 0 bridgehead atoms. The molecule has 1 unspecified atom stereocenters. The topological polar surface area (TPSA) is 0 Å². The molecule has 0 aliphatic heterocycles. The van der Waals surface area contributed by atoms with Crippen LogP contribution >= 0.6 is 0 Å². The molecule has 3 heteroatoms. The van der Waals surface area contributed by atoms with Crippen molar-refractivity contribution in [2.75, 3.05) is 0 Å². The van der Waals surface area contributed by atoms with Crippen LogP contribution in [0.1, 0.15) is 112 Å². The third kappa shape index (κ3) is 12.1. The van der Waals surface area contributed by atoms with Crippen molar-refractivity contribution in [3.63, 3.8) is 0 Å². The van der Waals surface area contributed by atoms with Crippen molar-refractivity contribution in [2.45, 2.75) is 106 Å². The van der Waals surface area contributed by atoms with Crippen molar-refractivity contribution in [3.8, 4) is 0 Å². The van der Waals surface area contributed by atoms with Gasteiger partial charge in [-0.15, -0.1) is 39.7 Å². The second-order valence-corrected chi connectivity index (χ2v) is 17.0. The maximum Gasteiger partial charge on any atom is -1.00 e. The van der Waals surface area contributed by atoms with Crippen LogP contribution in [0.3, 0.4) is 0 Å². The molecule has 1 atom stereocenters. The van der Waals surface area contributed by atoms with E-state index in [-0.39, 0.29) is 35.6 Å². The van der Waals surface area contributed by atoms with Crippen molar-refractivity contribution in [1.82, 2.24) is 0 Å². The maximum atomic E-state index is 3.43. The first-order chi connectivity index (χ1) is 20.0. The summed E-state index contributed by atoms with van der Waals surface area (Å²) in [6.07, 6.45) is 11.9. The predicted molar refractivity (Wildman–Crippen MR) is 189 cm³/mol. The maximum absolute atomic E-state index is 3.43. The van der Waals surface area contributed by atoms with Gasteiger partial charge in [0.05, 0.1) is 0 Å². The third-order valence-electron chi connectivity index (χ3n) is 8.21. The molecule has 4 aromatic rings. The van der Waals surface area contributed by atoms with Gasteiger partial charge in [0.2, 0.25) is 0 Å². The summed E-state index contributed by atoms with van der Waals surface area (Å²) in [5.41, 5.74) is 6.34. The Balaban J connectivity index is 0.000000363. The molecule has 0 radical (unpaired) electrons. The number of halogens is 2. The van der Waals surface area contributed by atoms with E-state index >= 15 is 0 Å². The molecule has 0 nitrogen and oxygen atoms in total. The van der Waals surface area contributed by atoms with Crippen LogP contribution in [0.2, 0.25) is 0 Å². The molecule has 0 aromatic heterocycles. The first-order valence-electron chi connectivity index (χ1n) is 16.1. The van der Waals surface area contributed by atoms with E-state index in [0.29, 0.717) is 11.3 Å². The van der Waals surface area contributed by atoms with Gasteiger partial charge >= 0.3 is 70.3 Å². The van der Waals surface area contributed by atoms with E-state index in [1.807, 2.05) is 6.07 Å². The summed E-state index contributed by atoms with van der Waals surface area (Å²) in [7, 11) is 0. The summed E-state index contributed by atoms with van der Waals surface area (Å²) in [5, 5.41) is 5.48. The van der Waals surface area contributed by atoms with Crippen LogP contribution < -0.4 is 24.8 Å². The Bertz CT molecular complexity index is 1500. The van der Waals surface area contributed by atoms with Crippen LogP contribution in [-0.2, 0) is 35.1 Å². The van der Waals surface area contributed by atoms with E-state index in [1.54, 1.807) is 0 Å². The molecule has 0 saturated heterocycles. The fraction of sp³-hybridized carbons (Fsp3) is 0.429. The van der Waals surface area contributed by atoms with Gasteiger partial charge < -0.3 is 24.8 Å². The number of benzene rings is 3. The van der Waals surface area contributed by atoms with E-state index in [2.05, 4.69) is 161 Å². The minimum atomic E-state index is 0. The Morgan fingerprint density at radius 1 is 0.733 bits per heavy atom. The number of fused-ring (bicyclic) bond motifs is 3. The first kappa shape index (κ1) is 41.4. The molecule has 0 saturated carbocycles. The Kier molecular flexibility index (Phi) is 16.1. The quantitative estimate of drug-likeness (QED) is 0.220. The van der Waals surface area contributed by atoms with Crippen LogP contribution in [0.4, 0.5) is 0 Å². The Morgan fingerprint density at radius 3 is 1.58 bits per heavy atom. The van der Waals surface area contributed by atoms with Gasteiger partial charge in [0.25, 0.3) is 0 Å². The summed E-state index contributed by atoms with van der Waals surface area (Å²) >= 11 is 1.51. The van der Waals surface area contributed by atoms with E-state index in [4.69, 9.17) is 0 Å². The normalized spacial score (nSPS) is 14.4. The number of allylic oxidation sites excluding steroid dienone is 4. The third-order valence-corrected chi connectivity index (χ3v) is 8.92. The molecular formula is C42H54Cl2Zr-2. The largest absolute Gasteiger partial charge is 1.00 e. The van der Waals surface area contributed by atoms with Crippen LogP contribution in [-0.4, -0.2) is 3.21 Å². The van der Waals surface area contributed by atoms with Crippen LogP contribution in [0.25, 0.3) is 21.5 Å². The van der Waals surface area contributed by atoms with Gasteiger partial charge in [-0.25, -0.2) is 6.08 Å². The zero-order valence-corrected chi connectivity index (χ0v) is 33.5. The summed E-state index contributed by atoms with van der Waals surface area (Å²) in [6, 6.07) is 26.7. The average Bonchev–Trinajstić information content (AvgIpc) is 3.56. The average molecular weight is 721 g/mol. The molecule has 1 aliphatic rings. The van der Waals surface area contributed by atoms with Crippen LogP contribution in [0, 0.1) is 17.4 Å². The minimum absolute atomic E-state index is 0. The Morgan fingerprint density at radius 2 is 1.22 bits per heavy atom. The summed E-state index contributed by atoms with van der Waals surface area (Å²) in [5.74, 6) is 0.592. The van der Waals surface area contributed by atoms with Gasteiger partial charge in [0.15, 0.2) is 0 Å². The molecule has 4 aromatic carbocycles. The van der Waals surface area contributed by atoms with Crippen LogP contribution in [0.15, 0.2) is 90.5 Å². The van der Waals surface area contributed by atoms with Gasteiger partial charge in [0.1, 0.15) is 0 Å². The standard InChI is InChI=1S/C21H25.C13H21.C8H8.2ClH.Zr/c1-20(2,3)16-7-9-18-14(12-16)11-15-13-17(21(4,5)6)8-10-19(15)18;1-5-6-7-11-8-9-12(10-11)13(2,3)4;1-2-8-6-4-3-5-7-8;;;/h7-13H,1-6H3;9-11H,5-7H2,1-4H3;3-7H,1H3;2*1H;/q2*-1;;;;+2/p-2. The predicted octanol–water partition coefficient (Wildman–Crippen LogP) is 6.23. The van der Waals surface area contributed by atoms with Crippen molar-refractivity contribution < 1.29 is 49.0 Å². The van der Waals surface area contributed by atoms with Gasteiger partial charge in [0, 0.05) is 0 Å². The molecule has 45 heavy (non-hydrogen) atoms. The number of hydrogen-bond acceptors (Lipinski definition) is 0. The zero-order chi connectivity index (χ0) is 32.0. The SMILES string of the molecule is CC(C)(C)c1ccc2c(c1)[cH-]c1cc(C(C)(C)C)ccc12.CCCCC1[C-]=CC(C(C)(C)C)=C1.C[C](=[Zr+2])c1ccccc1.[Cl-].[Cl-]. The molecule has 0 spiro atoms. The Hall–Kier alpha value is -1.66. The molecule has 5 rings (SSSR count). The van der Waals surface area contributed by atoms with Crippen molar-refractivity contribution in [3.05, 3.63) is 113 Å². The van der Waals surface area contributed by atoms with Crippen LogP contribution in [0.5, 0.6) is 0 Å². The van der Waals surface area contributed by atoms with Crippen molar-refractivity contribution in [1.29, 1.82) is 0 Å². The van der Waals surface area contributed by atoms with Crippen molar-refractivity contribution >= 4 is 24.8 Å². The van der Waals surface area contributed by atoms with Gasteiger partial charge in [-0.3, -0.25) is 6.08 Å². The second kappa shape index (κ2) is 17.5. The molecule has 1 aliphatic carbocycles. The summed E-state index contributed by atoms with van der Waals surface area (Å²) in [4.78, 5) is 0. The fourth-order valence-electron chi connectivity index (χ4n) is 5.21. The first-order valence-corrected chi connectivity index (χ1v) is 17.3. The molecule has 242 valence electrons. The van der Waals surface area contributed by atoms with E-state index in [0.717, 1.165) is 0 Å². The van der Waals surface area contributed by atoms with Crippen molar-refractivity contribution in [2.24, 2.45) is 11.3 Å². The number of unbranched alkanes of at least 4 members (excludes halogenated alkanes) is 1.